The van der Waals surface area contributed by atoms with Gasteiger partial charge in [-0.2, -0.15) is 0 Å². The normalized spacial score (nSPS) is 14.7. The lowest BCUT2D eigenvalue weighted by molar-refractivity contribution is -0.144. The summed E-state index contributed by atoms with van der Waals surface area (Å²) >= 11 is 4.87. The van der Waals surface area contributed by atoms with E-state index in [1.54, 1.807) is 34.6 Å². The van der Waals surface area contributed by atoms with Crippen LogP contribution in [0.15, 0.2) is 46.6 Å². The number of imide groups is 2. The monoisotopic (exact) mass is 526 g/mol. The van der Waals surface area contributed by atoms with Crippen molar-refractivity contribution >= 4 is 46.4 Å². The summed E-state index contributed by atoms with van der Waals surface area (Å²) in [7, 11) is 0. The number of nitrogens with zero attached hydrogens (tertiary/aromatic N) is 2. The summed E-state index contributed by atoms with van der Waals surface area (Å²) in [6.07, 6.45) is 0. The van der Waals surface area contributed by atoms with Gasteiger partial charge in [-0.1, -0.05) is 20.6 Å². The van der Waals surface area contributed by atoms with Gasteiger partial charge in [0, 0.05) is 33.4 Å². The zero-order chi connectivity index (χ0) is 27.6. The van der Waals surface area contributed by atoms with Crippen LogP contribution in [-0.4, -0.2) is 76.1 Å². The van der Waals surface area contributed by atoms with Crippen molar-refractivity contribution < 1.29 is 38.6 Å². The fourth-order valence-electron chi connectivity index (χ4n) is 2.49. The van der Waals surface area contributed by atoms with Gasteiger partial charge in [0.25, 0.3) is 23.6 Å². The van der Waals surface area contributed by atoms with Crippen molar-refractivity contribution in [1.29, 1.82) is 0 Å². The highest BCUT2D eigenvalue weighted by Gasteiger charge is 2.33. The zero-order valence-corrected chi connectivity index (χ0v) is 21.6. The number of halogens is 1. The Hall–Kier alpha value is -3.37. The minimum Gasteiger partial charge on any atom is -0.460 e. The number of hydrogen-bond acceptors (Lipinski definition) is 8. The van der Waals surface area contributed by atoms with Crippen LogP contribution < -0.4 is 0 Å². The van der Waals surface area contributed by atoms with Gasteiger partial charge in [0.1, 0.15) is 6.61 Å². The van der Waals surface area contributed by atoms with Crippen molar-refractivity contribution in [3.05, 3.63) is 46.6 Å². The number of allylic oxidation sites excluding steroid dienone is 1. The van der Waals surface area contributed by atoms with Gasteiger partial charge in [-0.05, 0) is 53.1 Å². The summed E-state index contributed by atoms with van der Waals surface area (Å²) in [4.78, 5) is 68.8. The van der Waals surface area contributed by atoms with Crippen LogP contribution >= 0.6 is 11.6 Å². The van der Waals surface area contributed by atoms with Crippen LogP contribution in [0.4, 0.5) is 0 Å². The van der Waals surface area contributed by atoms with Crippen LogP contribution in [-0.2, 0) is 33.5 Å². The number of rotatable bonds is 7. The number of amides is 4. The average molecular weight is 527 g/mol. The number of aliphatic hydroxyl groups excluding tert-OH is 1. The van der Waals surface area contributed by atoms with E-state index in [0.717, 1.165) is 9.80 Å². The summed E-state index contributed by atoms with van der Waals surface area (Å²) in [5.74, 6) is -1.73. The minimum atomic E-state index is -0.523. The Labute approximate surface area is 216 Å². The third-order valence-corrected chi connectivity index (χ3v) is 5.27. The fraction of sp³-hybridized carbons (Fsp3) is 0.440. The van der Waals surface area contributed by atoms with E-state index in [4.69, 9.17) is 21.4 Å². The predicted molar refractivity (Wildman–Crippen MR) is 135 cm³/mol. The van der Waals surface area contributed by atoms with Crippen molar-refractivity contribution in [3.8, 4) is 0 Å². The van der Waals surface area contributed by atoms with Gasteiger partial charge in [-0.3, -0.25) is 33.8 Å². The first-order valence-corrected chi connectivity index (χ1v) is 10.8. The molecule has 0 atom stereocenters. The first-order chi connectivity index (χ1) is 16.1. The van der Waals surface area contributed by atoms with E-state index in [2.05, 4.69) is 13.2 Å². The minimum absolute atomic E-state index is 0. The van der Waals surface area contributed by atoms with E-state index in [1.807, 2.05) is 0 Å². The molecule has 36 heavy (non-hydrogen) atoms. The third-order valence-electron chi connectivity index (χ3n) is 4.94. The smallest absolute Gasteiger partial charge is 0.333 e. The van der Waals surface area contributed by atoms with Crippen molar-refractivity contribution in [2.75, 3.05) is 26.3 Å². The van der Waals surface area contributed by atoms with Crippen molar-refractivity contribution in [2.45, 2.75) is 49.0 Å². The number of β-amino-alcohol motifs (C(OH)–C–C–N with tert-alkyl or cyclic N) is 1. The Morgan fingerprint density at radius 2 is 1.08 bits per heavy atom. The Kier molecular flexibility index (Phi) is 15.1. The highest BCUT2D eigenvalue weighted by molar-refractivity contribution is 6.67. The quantitative estimate of drug-likeness (QED) is 0.231. The molecule has 10 nitrogen and oxygen atoms in total. The largest absolute Gasteiger partial charge is 0.460 e. The van der Waals surface area contributed by atoms with Gasteiger partial charge < -0.3 is 9.84 Å². The molecule has 0 bridgehead atoms. The maximum absolute atomic E-state index is 11.6. The Balaban J connectivity index is 0. The topological polar surface area (TPSA) is 138 Å². The lowest BCUT2D eigenvalue weighted by Crippen LogP contribution is -2.35. The van der Waals surface area contributed by atoms with Crippen LogP contribution in [0.25, 0.3) is 0 Å². The van der Waals surface area contributed by atoms with Gasteiger partial charge in [0.2, 0.25) is 5.24 Å². The Morgan fingerprint density at radius 1 is 0.778 bits per heavy atom. The molecule has 0 spiro atoms. The summed E-state index contributed by atoms with van der Waals surface area (Å²) in [6.45, 7) is 16.2. The second-order valence-corrected chi connectivity index (χ2v) is 8.06. The molecule has 0 aromatic rings. The first kappa shape index (κ1) is 34.8. The second kappa shape index (κ2) is 15.6. The predicted octanol–water partition coefficient (Wildman–Crippen LogP) is 2.46. The van der Waals surface area contributed by atoms with E-state index in [1.165, 1.54) is 6.92 Å². The summed E-state index contributed by atoms with van der Waals surface area (Å²) in [5, 5.41) is 8.11. The summed E-state index contributed by atoms with van der Waals surface area (Å²) in [5.41, 5.74) is 2.52. The Bertz CT molecular complexity index is 963. The van der Waals surface area contributed by atoms with Crippen molar-refractivity contribution in [2.24, 2.45) is 0 Å². The molecule has 0 fully saturated rings. The van der Waals surface area contributed by atoms with Crippen molar-refractivity contribution in [3.63, 3.8) is 0 Å². The molecule has 1 N–H and O–H groups in total. The van der Waals surface area contributed by atoms with E-state index in [-0.39, 0.29) is 62.9 Å². The maximum atomic E-state index is 11.6. The molecule has 2 rings (SSSR count). The van der Waals surface area contributed by atoms with Crippen LogP contribution in [0.2, 0.25) is 0 Å². The molecule has 11 heteroatoms. The summed E-state index contributed by atoms with van der Waals surface area (Å²) < 4.78 is 4.83. The summed E-state index contributed by atoms with van der Waals surface area (Å²) in [6, 6.07) is 0. The standard InChI is InChI=1S/C12H15NO4.C8H11NO3.C4H5ClO.CH4/c1-7(2)12(16)17-6-5-13-10(14)8(3)9(4)11(13)15;1-5-6(2)8(12)9(3-4-10)7(5)11;1-3(2)4(5)6;/h1,5-6H2,2-4H3;10H,3-4H2,1-2H3;1H2,2H3;1H4. The molecule has 200 valence electrons. The average Bonchev–Trinajstić information content (AvgIpc) is 3.09. The molecular formula is C25H35ClN2O8. The molecule has 4 amide bonds. The second-order valence-electron chi connectivity index (χ2n) is 7.72. The zero-order valence-electron chi connectivity index (χ0n) is 20.8. The molecule has 0 aromatic heterocycles. The molecule has 0 aliphatic carbocycles. The Morgan fingerprint density at radius 3 is 1.33 bits per heavy atom. The molecule has 0 saturated carbocycles. The third kappa shape index (κ3) is 9.35. The lowest BCUT2D eigenvalue weighted by atomic mass is 10.2. The highest BCUT2D eigenvalue weighted by Crippen LogP contribution is 2.19. The molecular weight excluding hydrogens is 492 g/mol. The van der Waals surface area contributed by atoms with E-state index < -0.39 is 11.2 Å². The number of esters is 1. The number of carbonyl (C=O) groups excluding carboxylic acids is 6. The highest BCUT2D eigenvalue weighted by atomic mass is 35.5. The number of aliphatic hydroxyl groups is 1. The molecule has 2 heterocycles. The van der Waals surface area contributed by atoms with Gasteiger partial charge in [0.05, 0.1) is 19.7 Å². The van der Waals surface area contributed by atoms with Crippen LogP contribution in [0.1, 0.15) is 49.0 Å². The van der Waals surface area contributed by atoms with E-state index >= 15 is 0 Å². The molecule has 2 aliphatic rings. The van der Waals surface area contributed by atoms with Crippen LogP contribution in [0.3, 0.4) is 0 Å². The fourth-order valence-corrected chi connectivity index (χ4v) is 2.49. The van der Waals surface area contributed by atoms with Crippen molar-refractivity contribution in [1.82, 2.24) is 9.80 Å². The van der Waals surface area contributed by atoms with Gasteiger partial charge in [0.15, 0.2) is 0 Å². The van der Waals surface area contributed by atoms with Crippen LogP contribution in [0.5, 0.6) is 0 Å². The van der Waals surface area contributed by atoms with Crippen LogP contribution in [0, 0.1) is 0 Å². The number of hydrogen-bond donors (Lipinski definition) is 1. The first-order valence-electron chi connectivity index (χ1n) is 10.5. The van der Waals surface area contributed by atoms with Gasteiger partial charge >= 0.3 is 5.97 Å². The maximum Gasteiger partial charge on any atom is 0.333 e. The molecule has 2 aliphatic heterocycles. The van der Waals surface area contributed by atoms with E-state index in [0.29, 0.717) is 27.9 Å². The molecule has 0 radical (unpaired) electrons. The number of ether oxygens (including phenoxy) is 1. The van der Waals surface area contributed by atoms with Gasteiger partial charge in [-0.15, -0.1) is 0 Å². The SMILES string of the molecule is C.C=C(C)C(=O)Cl.C=C(C)C(=O)OCCN1C(=O)C(C)=C(C)C1=O.CC1=C(C)C(=O)N(CCO)C1=O. The molecule has 0 saturated heterocycles. The van der Waals surface area contributed by atoms with Gasteiger partial charge in [-0.25, -0.2) is 4.79 Å². The lowest BCUT2D eigenvalue weighted by Gasteiger charge is -2.14. The number of carbonyl (C=O) groups is 6. The molecule has 0 unspecified atom stereocenters. The van der Waals surface area contributed by atoms with E-state index in [9.17, 15) is 28.8 Å². The molecule has 0 aromatic carbocycles.